The van der Waals surface area contributed by atoms with Gasteiger partial charge in [0.15, 0.2) is 6.61 Å². The fourth-order valence-electron chi connectivity index (χ4n) is 1.40. The normalized spacial score (nSPS) is 11.4. The Morgan fingerprint density at radius 1 is 1.20 bits per heavy atom. The van der Waals surface area contributed by atoms with Gasteiger partial charge < -0.3 is 10.5 Å². The minimum Gasteiger partial charge on any atom is -0.467 e. The summed E-state index contributed by atoms with van der Waals surface area (Å²) in [6.07, 6.45) is -2.14. The van der Waals surface area contributed by atoms with Gasteiger partial charge in [-0.3, -0.25) is 4.98 Å². The zero-order valence-corrected chi connectivity index (χ0v) is 9.99. The van der Waals surface area contributed by atoms with Crippen LogP contribution < -0.4 is 10.5 Å². The monoisotopic (exact) mass is 287 g/mol. The van der Waals surface area contributed by atoms with Crippen LogP contribution in [-0.4, -0.2) is 22.8 Å². The van der Waals surface area contributed by atoms with Crippen molar-refractivity contribution in [1.82, 2.24) is 9.97 Å². The van der Waals surface area contributed by atoms with Crippen molar-refractivity contribution in [2.75, 3.05) is 12.3 Å². The van der Waals surface area contributed by atoms with Crippen LogP contribution in [0, 0.1) is 5.82 Å². The lowest BCUT2D eigenvalue weighted by molar-refractivity contribution is -0.154. The number of ether oxygens (including phenoxy) is 1. The number of benzene rings is 1. The van der Waals surface area contributed by atoms with E-state index in [-0.39, 0.29) is 17.3 Å². The van der Waals surface area contributed by atoms with Gasteiger partial charge in [-0.05, 0) is 12.1 Å². The molecule has 0 unspecified atom stereocenters. The number of nitrogens with two attached hydrogens (primary N) is 1. The summed E-state index contributed by atoms with van der Waals surface area (Å²) in [7, 11) is 0. The zero-order chi connectivity index (χ0) is 14.8. The highest BCUT2D eigenvalue weighted by atomic mass is 19.4. The number of aromatic nitrogens is 2. The summed E-state index contributed by atoms with van der Waals surface area (Å²) in [5.74, 6) is -0.942. The summed E-state index contributed by atoms with van der Waals surface area (Å²) in [5, 5.41) is 0. The summed E-state index contributed by atoms with van der Waals surface area (Å²) in [6.45, 7) is -1.47. The van der Waals surface area contributed by atoms with Crippen LogP contribution in [0.2, 0.25) is 0 Å². The first kappa shape index (κ1) is 14.0. The number of hydrogen-bond acceptors (Lipinski definition) is 4. The molecule has 106 valence electrons. The summed E-state index contributed by atoms with van der Waals surface area (Å²) in [4.78, 5) is 7.53. The molecule has 0 bridgehead atoms. The molecule has 20 heavy (non-hydrogen) atoms. The molecule has 0 spiro atoms. The van der Waals surface area contributed by atoms with Gasteiger partial charge in [-0.25, -0.2) is 9.37 Å². The van der Waals surface area contributed by atoms with Crippen LogP contribution in [0.5, 0.6) is 5.88 Å². The highest BCUT2D eigenvalue weighted by molar-refractivity contribution is 5.61. The van der Waals surface area contributed by atoms with Crippen molar-refractivity contribution in [3.05, 3.63) is 36.4 Å². The average molecular weight is 287 g/mol. The molecule has 8 heteroatoms. The number of anilines is 1. The number of rotatable bonds is 3. The Labute approximate surface area is 111 Å². The van der Waals surface area contributed by atoms with Crippen LogP contribution in [0.15, 0.2) is 30.6 Å². The molecule has 0 fully saturated rings. The van der Waals surface area contributed by atoms with Gasteiger partial charge >= 0.3 is 6.18 Å². The largest absolute Gasteiger partial charge is 0.467 e. The van der Waals surface area contributed by atoms with Gasteiger partial charge in [-0.1, -0.05) is 6.07 Å². The molecule has 2 rings (SSSR count). The first-order valence-electron chi connectivity index (χ1n) is 5.42. The molecule has 2 aromatic rings. The fourth-order valence-corrected chi connectivity index (χ4v) is 1.40. The number of halogens is 4. The Balaban J connectivity index is 2.23. The molecular weight excluding hydrogens is 278 g/mol. The highest BCUT2D eigenvalue weighted by Gasteiger charge is 2.28. The van der Waals surface area contributed by atoms with Crippen molar-refractivity contribution in [2.24, 2.45) is 0 Å². The fraction of sp³-hybridized carbons (Fsp3) is 0.167. The Morgan fingerprint density at radius 3 is 2.60 bits per heavy atom. The van der Waals surface area contributed by atoms with E-state index in [2.05, 4.69) is 14.7 Å². The van der Waals surface area contributed by atoms with Gasteiger partial charge in [0, 0.05) is 5.56 Å². The van der Waals surface area contributed by atoms with Crippen molar-refractivity contribution in [1.29, 1.82) is 0 Å². The van der Waals surface area contributed by atoms with E-state index in [9.17, 15) is 17.6 Å². The molecular formula is C12H9F4N3O. The van der Waals surface area contributed by atoms with Crippen molar-refractivity contribution >= 4 is 5.69 Å². The summed E-state index contributed by atoms with van der Waals surface area (Å²) < 4.78 is 53.9. The summed E-state index contributed by atoms with van der Waals surface area (Å²) in [5.41, 5.74) is 5.81. The van der Waals surface area contributed by atoms with E-state index in [1.807, 2.05) is 0 Å². The Hall–Kier alpha value is -2.38. The van der Waals surface area contributed by atoms with E-state index in [1.165, 1.54) is 18.3 Å². The number of nitrogens with zero attached hydrogens (tertiary/aromatic N) is 2. The van der Waals surface area contributed by atoms with Crippen LogP contribution in [0.4, 0.5) is 23.2 Å². The average Bonchev–Trinajstić information content (AvgIpc) is 2.39. The third kappa shape index (κ3) is 3.56. The maximum Gasteiger partial charge on any atom is 0.422 e. The third-order valence-electron chi connectivity index (χ3n) is 2.29. The molecule has 0 aliphatic heterocycles. The van der Waals surface area contributed by atoms with Gasteiger partial charge in [0.05, 0.1) is 23.8 Å². The minimum absolute atomic E-state index is 0.0359. The Bertz CT molecular complexity index is 616. The summed E-state index contributed by atoms with van der Waals surface area (Å²) >= 11 is 0. The summed E-state index contributed by atoms with van der Waals surface area (Å²) in [6, 6.07) is 3.93. The highest BCUT2D eigenvalue weighted by Crippen LogP contribution is 2.23. The van der Waals surface area contributed by atoms with Gasteiger partial charge in [-0.2, -0.15) is 13.2 Å². The van der Waals surface area contributed by atoms with Crippen molar-refractivity contribution in [3.8, 4) is 17.1 Å². The predicted molar refractivity (Wildman–Crippen MR) is 63.4 cm³/mol. The molecule has 0 saturated carbocycles. The van der Waals surface area contributed by atoms with Crippen LogP contribution in [0.1, 0.15) is 0 Å². The van der Waals surface area contributed by atoms with E-state index in [1.54, 1.807) is 0 Å². The molecule has 0 aliphatic rings. The van der Waals surface area contributed by atoms with E-state index in [0.717, 1.165) is 12.3 Å². The topological polar surface area (TPSA) is 61.0 Å². The van der Waals surface area contributed by atoms with Crippen LogP contribution in [0.25, 0.3) is 11.3 Å². The predicted octanol–water partition coefficient (Wildman–Crippen LogP) is 2.81. The lowest BCUT2D eigenvalue weighted by Gasteiger charge is -2.09. The molecule has 4 nitrogen and oxygen atoms in total. The SMILES string of the molecule is Nc1ccc(-c2cncc(OCC(F)(F)F)n2)cc1F. The van der Waals surface area contributed by atoms with Gasteiger partial charge in [0.25, 0.3) is 0 Å². The third-order valence-corrected chi connectivity index (χ3v) is 2.29. The number of alkyl halides is 3. The maximum absolute atomic E-state index is 13.3. The van der Waals surface area contributed by atoms with Crippen LogP contribution in [0.3, 0.4) is 0 Å². The first-order chi connectivity index (χ1) is 9.35. The van der Waals surface area contributed by atoms with E-state index < -0.39 is 18.6 Å². The second-order valence-corrected chi connectivity index (χ2v) is 3.88. The molecule has 0 aliphatic carbocycles. The molecule has 1 heterocycles. The Kier molecular flexibility index (Phi) is 3.73. The first-order valence-corrected chi connectivity index (χ1v) is 5.42. The maximum atomic E-state index is 13.3. The molecule has 0 amide bonds. The quantitative estimate of drug-likeness (QED) is 0.696. The molecule has 0 atom stereocenters. The number of nitrogen functional groups attached to an aromatic ring is 1. The molecule has 2 N–H and O–H groups in total. The van der Waals surface area contributed by atoms with Gasteiger partial charge in [-0.15, -0.1) is 0 Å². The van der Waals surface area contributed by atoms with Crippen molar-refractivity contribution < 1.29 is 22.3 Å². The number of hydrogen-bond donors (Lipinski definition) is 1. The van der Waals surface area contributed by atoms with Crippen LogP contribution >= 0.6 is 0 Å². The smallest absolute Gasteiger partial charge is 0.422 e. The molecule has 1 aromatic carbocycles. The second-order valence-electron chi connectivity index (χ2n) is 3.88. The van der Waals surface area contributed by atoms with E-state index in [0.29, 0.717) is 5.56 Å². The van der Waals surface area contributed by atoms with Gasteiger partial charge in [0.1, 0.15) is 5.82 Å². The zero-order valence-electron chi connectivity index (χ0n) is 9.99. The van der Waals surface area contributed by atoms with Crippen molar-refractivity contribution in [3.63, 3.8) is 0 Å². The van der Waals surface area contributed by atoms with Crippen LogP contribution in [-0.2, 0) is 0 Å². The van der Waals surface area contributed by atoms with Gasteiger partial charge in [0.2, 0.25) is 5.88 Å². The molecule has 0 saturated heterocycles. The van der Waals surface area contributed by atoms with E-state index in [4.69, 9.17) is 5.73 Å². The lowest BCUT2D eigenvalue weighted by Crippen LogP contribution is -2.19. The standard InChI is InChI=1S/C12H9F4N3O/c13-8-3-7(1-2-9(8)17)10-4-18-5-11(19-10)20-6-12(14,15)16/h1-5H,6,17H2. The molecule has 1 aromatic heterocycles. The molecule has 0 radical (unpaired) electrons. The lowest BCUT2D eigenvalue weighted by atomic mass is 10.1. The van der Waals surface area contributed by atoms with Crippen molar-refractivity contribution in [2.45, 2.75) is 6.18 Å². The minimum atomic E-state index is -4.47. The Morgan fingerprint density at radius 2 is 1.95 bits per heavy atom. The van der Waals surface area contributed by atoms with E-state index >= 15 is 0 Å². The second kappa shape index (κ2) is 5.32.